The number of nitrogens with zero attached hydrogens (tertiary/aromatic N) is 2. The fraction of sp³-hybridized carbons (Fsp3) is 0.667. The number of primary amides is 1. The number of fused-ring (bicyclic) bond motifs is 1. The third kappa shape index (κ3) is 7.70. The molecule has 4 rings (SSSR count). The minimum atomic E-state index is -1.10. The van der Waals surface area contributed by atoms with E-state index in [4.69, 9.17) is 5.73 Å². The molecule has 0 bridgehead atoms. The summed E-state index contributed by atoms with van der Waals surface area (Å²) in [5.74, 6) is -2.96. The van der Waals surface area contributed by atoms with E-state index in [-0.39, 0.29) is 41.3 Å². The Balaban J connectivity index is 1.50. The van der Waals surface area contributed by atoms with Crippen LogP contribution in [0.1, 0.15) is 84.6 Å². The number of rotatable bonds is 13. The lowest BCUT2D eigenvalue weighted by molar-refractivity contribution is -0.145. The van der Waals surface area contributed by atoms with Crippen molar-refractivity contribution in [3.05, 3.63) is 30.1 Å². The van der Waals surface area contributed by atoms with E-state index in [9.17, 15) is 28.8 Å². The van der Waals surface area contributed by atoms with E-state index in [2.05, 4.69) is 20.9 Å². The molecule has 2 heterocycles. The van der Waals surface area contributed by atoms with Gasteiger partial charge < -0.3 is 26.6 Å². The van der Waals surface area contributed by atoms with Gasteiger partial charge in [-0.05, 0) is 53.1 Å². The molecule has 1 aromatic heterocycles. The molecule has 12 nitrogen and oxygen atoms in total. The smallest absolute Gasteiger partial charge is 0.315 e. The molecule has 45 heavy (non-hydrogen) atoms. The summed E-state index contributed by atoms with van der Waals surface area (Å²) in [6.45, 7) is 13.7. The standard InChI is InChI=1S/C33H48N6O6/c1-17(2)21(15-23(40)20-10-8-9-13-35-20)37-31(45)38-27(32(3,4)5)30(44)39-16-19-24(33(19,6)7)25(39)29(43)36-22(14-18-11-12-18)26(41)28(34)42/h8-10,13,17-19,21-22,24-25,27H,11-12,14-16H2,1-7H3,(H2,34,42)(H,36,43)(H2,37,38,45)/t19-,21+,22?,24-,25-,27+/m0/s1. The first-order chi connectivity index (χ1) is 20.9. The summed E-state index contributed by atoms with van der Waals surface area (Å²) < 4.78 is 0. The van der Waals surface area contributed by atoms with Gasteiger partial charge >= 0.3 is 6.03 Å². The first kappa shape index (κ1) is 34.1. The average molecular weight is 625 g/mol. The van der Waals surface area contributed by atoms with Crippen molar-refractivity contribution in [3.63, 3.8) is 0 Å². The summed E-state index contributed by atoms with van der Waals surface area (Å²) in [5.41, 5.74) is 4.68. The fourth-order valence-corrected chi connectivity index (χ4v) is 6.60. The molecular weight excluding hydrogens is 576 g/mol. The lowest BCUT2D eigenvalue weighted by Crippen LogP contribution is -2.62. The molecular formula is C33H48N6O6. The minimum Gasteiger partial charge on any atom is -0.363 e. The predicted molar refractivity (Wildman–Crippen MR) is 166 cm³/mol. The number of nitrogens with two attached hydrogens (primary N) is 1. The van der Waals surface area contributed by atoms with Crippen LogP contribution in [0.2, 0.25) is 0 Å². The van der Waals surface area contributed by atoms with Crippen LogP contribution in [-0.2, 0) is 19.2 Å². The second-order valence-corrected chi connectivity index (χ2v) is 15.0. The molecule has 1 aliphatic heterocycles. The van der Waals surface area contributed by atoms with Crippen LogP contribution in [0.4, 0.5) is 4.79 Å². The zero-order valence-electron chi connectivity index (χ0n) is 27.4. The predicted octanol–water partition coefficient (Wildman–Crippen LogP) is 2.22. The van der Waals surface area contributed by atoms with Crippen molar-refractivity contribution in [1.29, 1.82) is 0 Å². The van der Waals surface area contributed by atoms with E-state index in [0.717, 1.165) is 12.8 Å². The Kier molecular flexibility index (Phi) is 9.75. The zero-order valence-corrected chi connectivity index (χ0v) is 27.4. The molecule has 1 saturated heterocycles. The van der Waals surface area contributed by atoms with Gasteiger partial charge in [0.05, 0.1) is 6.04 Å². The van der Waals surface area contributed by atoms with Gasteiger partial charge in [-0.3, -0.25) is 29.0 Å². The maximum absolute atomic E-state index is 14.2. The summed E-state index contributed by atoms with van der Waals surface area (Å²) >= 11 is 0. The highest BCUT2D eigenvalue weighted by Crippen LogP contribution is 2.65. The van der Waals surface area contributed by atoms with Crippen molar-refractivity contribution in [2.75, 3.05) is 6.54 Å². The van der Waals surface area contributed by atoms with Crippen molar-refractivity contribution in [1.82, 2.24) is 25.8 Å². The molecule has 5 N–H and O–H groups in total. The van der Waals surface area contributed by atoms with Gasteiger partial charge in [0, 0.05) is 25.2 Å². The number of amides is 5. The van der Waals surface area contributed by atoms with Gasteiger partial charge in [0.1, 0.15) is 17.8 Å². The van der Waals surface area contributed by atoms with Gasteiger partial charge in [-0.25, -0.2) is 4.79 Å². The van der Waals surface area contributed by atoms with Crippen molar-refractivity contribution in [3.8, 4) is 0 Å². The SMILES string of the molecule is CC(C)[C@@H](CC(=O)c1ccccn1)NC(=O)N[C@H](C(=O)N1C[C@H]2[C@@H]([C@H]1C(=O)NC(CC1CC1)C(=O)C(N)=O)C2(C)C)C(C)(C)C. The lowest BCUT2D eigenvalue weighted by Gasteiger charge is -2.38. The number of likely N-dealkylation sites (tertiary alicyclic amines) is 1. The Morgan fingerprint density at radius 1 is 1.04 bits per heavy atom. The van der Waals surface area contributed by atoms with Crippen LogP contribution in [0, 0.1) is 34.5 Å². The number of piperidine rings is 1. The molecule has 5 amide bonds. The topological polar surface area (TPSA) is 181 Å². The zero-order chi connectivity index (χ0) is 33.4. The van der Waals surface area contributed by atoms with Gasteiger partial charge in [0.25, 0.3) is 5.91 Å². The van der Waals surface area contributed by atoms with Crippen LogP contribution in [0.3, 0.4) is 0 Å². The molecule has 1 aromatic rings. The highest BCUT2D eigenvalue weighted by atomic mass is 16.2. The molecule has 2 saturated carbocycles. The normalized spacial score (nSPS) is 23.7. The van der Waals surface area contributed by atoms with Gasteiger partial charge in [-0.15, -0.1) is 0 Å². The molecule has 12 heteroatoms. The molecule has 0 radical (unpaired) electrons. The van der Waals surface area contributed by atoms with E-state index in [1.165, 1.54) is 11.1 Å². The largest absolute Gasteiger partial charge is 0.363 e. The van der Waals surface area contributed by atoms with E-state index in [1.54, 1.807) is 18.2 Å². The van der Waals surface area contributed by atoms with E-state index >= 15 is 0 Å². The summed E-state index contributed by atoms with van der Waals surface area (Å²) in [6.07, 6.45) is 3.74. The number of ketones is 2. The number of aromatic nitrogens is 1. The van der Waals surface area contributed by atoms with Crippen LogP contribution in [0.15, 0.2) is 24.4 Å². The summed E-state index contributed by atoms with van der Waals surface area (Å²) in [7, 11) is 0. The van der Waals surface area contributed by atoms with Crippen LogP contribution < -0.4 is 21.7 Å². The number of nitrogens with one attached hydrogen (secondary N) is 3. The first-order valence-electron chi connectivity index (χ1n) is 15.9. The third-order valence-corrected chi connectivity index (χ3v) is 9.77. The van der Waals surface area contributed by atoms with E-state index in [1.807, 2.05) is 48.5 Å². The monoisotopic (exact) mass is 624 g/mol. The molecule has 6 atom stereocenters. The highest BCUT2D eigenvalue weighted by molar-refractivity contribution is 6.37. The molecule has 2 aliphatic carbocycles. The van der Waals surface area contributed by atoms with E-state index < -0.39 is 59.1 Å². The van der Waals surface area contributed by atoms with Crippen LogP contribution in [0.25, 0.3) is 0 Å². The van der Waals surface area contributed by atoms with E-state index in [0.29, 0.717) is 18.7 Å². The lowest BCUT2D eigenvalue weighted by atomic mass is 9.85. The summed E-state index contributed by atoms with van der Waals surface area (Å²) in [4.78, 5) is 84.2. The molecule has 0 aromatic carbocycles. The van der Waals surface area contributed by atoms with Crippen molar-refractivity contribution in [2.24, 2.45) is 40.2 Å². The Labute approximate surface area is 265 Å². The molecule has 3 fully saturated rings. The van der Waals surface area contributed by atoms with Crippen LogP contribution in [-0.4, -0.2) is 75.9 Å². The Morgan fingerprint density at radius 3 is 2.24 bits per heavy atom. The van der Waals surface area contributed by atoms with Crippen molar-refractivity contribution >= 4 is 35.3 Å². The molecule has 0 spiro atoms. The maximum atomic E-state index is 14.2. The highest BCUT2D eigenvalue weighted by Gasteiger charge is 2.70. The maximum Gasteiger partial charge on any atom is 0.315 e. The van der Waals surface area contributed by atoms with Crippen LogP contribution in [0.5, 0.6) is 0 Å². The fourth-order valence-electron chi connectivity index (χ4n) is 6.60. The minimum absolute atomic E-state index is 0.0368. The van der Waals surface area contributed by atoms with Gasteiger partial charge in [-0.2, -0.15) is 0 Å². The van der Waals surface area contributed by atoms with Crippen molar-refractivity contribution < 1.29 is 28.8 Å². The number of hydrogen-bond donors (Lipinski definition) is 4. The van der Waals surface area contributed by atoms with Gasteiger partial charge in [-0.1, -0.05) is 67.4 Å². The summed E-state index contributed by atoms with van der Waals surface area (Å²) in [5, 5.41) is 8.47. The number of pyridine rings is 1. The molecule has 1 unspecified atom stereocenters. The molecule has 246 valence electrons. The van der Waals surface area contributed by atoms with Crippen molar-refractivity contribution in [2.45, 2.75) is 98.3 Å². The number of hydrogen-bond acceptors (Lipinski definition) is 7. The second-order valence-electron chi connectivity index (χ2n) is 15.0. The Hall–Kier alpha value is -3.83. The molecule has 3 aliphatic rings. The number of Topliss-reactive ketones (excluding diaryl/α,β-unsaturated/α-hetero) is 2. The number of carbonyl (C=O) groups excluding carboxylic acids is 6. The third-order valence-electron chi connectivity index (χ3n) is 9.77. The number of carbonyl (C=O) groups is 6. The Bertz CT molecular complexity index is 1330. The number of urea groups is 1. The second kappa shape index (κ2) is 12.9. The van der Waals surface area contributed by atoms with Gasteiger partial charge in [0.15, 0.2) is 5.78 Å². The van der Waals surface area contributed by atoms with Gasteiger partial charge in [0.2, 0.25) is 17.6 Å². The quantitative estimate of drug-likeness (QED) is 0.192. The van der Waals surface area contributed by atoms with Crippen LogP contribution >= 0.6 is 0 Å². The first-order valence-corrected chi connectivity index (χ1v) is 15.9. The average Bonchev–Trinajstić information content (AvgIpc) is 3.81. The summed E-state index contributed by atoms with van der Waals surface area (Å²) in [6, 6.07) is 1.06. The Morgan fingerprint density at radius 2 is 1.71 bits per heavy atom.